The lowest BCUT2D eigenvalue weighted by atomic mass is 10.2. The summed E-state index contributed by atoms with van der Waals surface area (Å²) in [5.74, 6) is -0.991. The molecule has 0 aliphatic carbocycles. The first-order valence-electron chi connectivity index (χ1n) is 5.09. The van der Waals surface area contributed by atoms with Gasteiger partial charge in [-0.25, -0.2) is 8.42 Å². The molecule has 1 aromatic carbocycles. The van der Waals surface area contributed by atoms with Gasteiger partial charge in [0.2, 0.25) is 10.0 Å². The molecule has 19 heavy (non-hydrogen) atoms. The predicted octanol–water partition coefficient (Wildman–Crippen LogP) is 2.15. The highest BCUT2D eigenvalue weighted by Gasteiger charge is 2.25. The Hall–Kier alpha value is -0.280. The smallest absolute Gasteiger partial charge is 0.321 e. The van der Waals surface area contributed by atoms with Gasteiger partial charge in [-0.1, -0.05) is 11.6 Å². The van der Waals surface area contributed by atoms with Gasteiger partial charge >= 0.3 is 5.97 Å². The van der Waals surface area contributed by atoms with Gasteiger partial charge in [-0.2, -0.15) is 17.4 Å². The van der Waals surface area contributed by atoms with Crippen molar-refractivity contribution in [2.75, 3.05) is 5.75 Å². The maximum Gasteiger partial charge on any atom is 0.321 e. The molecular weight excluding hydrogens is 378 g/mol. The van der Waals surface area contributed by atoms with Crippen LogP contribution in [-0.2, 0) is 14.8 Å². The first-order valence-corrected chi connectivity index (χ1v) is 8.37. The van der Waals surface area contributed by atoms with Gasteiger partial charge in [0, 0.05) is 4.47 Å². The van der Waals surface area contributed by atoms with E-state index >= 15 is 0 Å². The Balaban J connectivity index is 3.03. The second-order valence-electron chi connectivity index (χ2n) is 3.60. The molecule has 0 aromatic heterocycles. The fraction of sp³-hybridized carbons (Fsp3) is 0.300. The Morgan fingerprint density at radius 3 is 2.63 bits per heavy atom. The van der Waals surface area contributed by atoms with Gasteiger partial charge in [0.05, 0.1) is 9.92 Å². The highest BCUT2D eigenvalue weighted by molar-refractivity contribution is 9.10. The van der Waals surface area contributed by atoms with E-state index in [2.05, 4.69) is 33.3 Å². The van der Waals surface area contributed by atoms with E-state index in [1.54, 1.807) is 0 Å². The quantitative estimate of drug-likeness (QED) is 0.652. The largest absolute Gasteiger partial charge is 0.480 e. The van der Waals surface area contributed by atoms with E-state index in [1.165, 1.54) is 18.2 Å². The Kier molecular flexibility index (Phi) is 6.13. The highest BCUT2D eigenvalue weighted by Crippen LogP contribution is 2.25. The zero-order valence-corrected chi connectivity index (χ0v) is 13.6. The van der Waals surface area contributed by atoms with E-state index in [-0.39, 0.29) is 17.1 Å². The third kappa shape index (κ3) is 4.64. The molecule has 1 rings (SSSR count). The minimum absolute atomic E-state index is 0.0609. The summed E-state index contributed by atoms with van der Waals surface area (Å²) in [6, 6.07) is 2.81. The molecular formula is C10H11BrClNO4S2. The number of thiol groups is 1. The summed E-state index contributed by atoms with van der Waals surface area (Å²) in [7, 11) is -3.92. The van der Waals surface area contributed by atoms with Crippen molar-refractivity contribution in [2.24, 2.45) is 0 Å². The molecule has 0 heterocycles. The molecule has 0 fully saturated rings. The van der Waals surface area contributed by atoms with Crippen molar-refractivity contribution < 1.29 is 18.3 Å². The van der Waals surface area contributed by atoms with Crippen molar-refractivity contribution in [3.8, 4) is 0 Å². The number of halogens is 2. The van der Waals surface area contributed by atoms with Crippen molar-refractivity contribution in [1.82, 2.24) is 4.72 Å². The van der Waals surface area contributed by atoms with E-state index in [9.17, 15) is 13.2 Å². The summed E-state index contributed by atoms with van der Waals surface area (Å²) in [5, 5.41) is 9.29. The average Bonchev–Trinajstić information content (AvgIpc) is 2.31. The fourth-order valence-electron chi connectivity index (χ4n) is 1.26. The lowest BCUT2D eigenvalue weighted by molar-refractivity contribution is -0.139. The van der Waals surface area contributed by atoms with E-state index in [0.717, 1.165) is 0 Å². The Labute approximate surface area is 129 Å². The summed E-state index contributed by atoms with van der Waals surface area (Å²) in [6.45, 7) is 0. The second-order valence-corrected chi connectivity index (χ2v) is 7.02. The fourth-order valence-corrected chi connectivity index (χ4v) is 3.42. The van der Waals surface area contributed by atoms with E-state index < -0.39 is 22.0 Å². The summed E-state index contributed by atoms with van der Waals surface area (Å²) in [4.78, 5) is 10.9. The van der Waals surface area contributed by atoms with Crippen LogP contribution in [0, 0.1) is 0 Å². The number of rotatable bonds is 6. The molecule has 9 heteroatoms. The van der Waals surface area contributed by atoms with Crippen LogP contribution >= 0.6 is 40.2 Å². The summed E-state index contributed by atoms with van der Waals surface area (Å²) in [5.41, 5.74) is 0. The number of sulfonamides is 1. The number of nitrogens with one attached hydrogen (secondary N) is 1. The minimum Gasteiger partial charge on any atom is -0.480 e. The molecule has 0 aliphatic heterocycles. The van der Waals surface area contributed by atoms with Crippen molar-refractivity contribution in [1.29, 1.82) is 0 Å². The molecule has 0 saturated heterocycles. The van der Waals surface area contributed by atoms with Gasteiger partial charge in [0.1, 0.15) is 6.04 Å². The Morgan fingerprint density at radius 1 is 1.53 bits per heavy atom. The number of carbonyl (C=O) groups is 1. The predicted molar refractivity (Wildman–Crippen MR) is 79.4 cm³/mol. The Bertz CT molecular complexity index is 579. The molecule has 5 nitrogen and oxygen atoms in total. The first-order chi connectivity index (χ1) is 8.77. The van der Waals surface area contributed by atoms with Crippen molar-refractivity contribution in [2.45, 2.75) is 17.4 Å². The van der Waals surface area contributed by atoms with Crippen LogP contribution in [-0.4, -0.2) is 31.3 Å². The molecule has 1 atom stereocenters. The highest BCUT2D eigenvalue weighted by atomic mass is 79.9. The molecule has 0 spiro atoms. The number of carboxylic acid groups (broad SMARTS) is 1. The van der Waals surface area contributed by atoms with Gasteiger partial charge in [0.25, 0.3) is 0 Å². The SMILES string of the molecule is O=C(O)C(CCS)NS(=O)(=O)c1ccc(Cl)c(Br)c1. The van der Waals surface area contributed by atoms with Gasteiger partial charge < -0.3 is 5.11 Å². The summed E-state index contributed by atoms with van der Waals surface area (Å²) < 4.78 is 26.6. The molecule has 106 valence electrons. The zero-order chi connectivity index (χ0) is 14.6. The molecule has 0 radical (unpaired) electrons. The number of carboxylic acids is 1. The number of hydrogen-bond acceptors (Lipinski definition) is 4. The van der Waals surface area contributed by atoms with Crippen LogP contribution in [0.2, 0.25) is 5.02 Å². The maximum atomic E-state index is 12.0. The van der Waals surface area contributed by atoms with Crippen LogP contribution < -0.4 is 4.72 Å². The molecule has 1 aromatic rings. The molecule has 0 amide bonds. The molecule has 2 N–H and O–H groups in total. The maximum absolute atomic E-state index is 12.0. The number of aliphatic carboxylic acids is 1. The van der Waals surface area contributed by atoms with E-state index in [1.807, 2.05) is 0 Å². The van der Waals surface area contributed by atoms with Crippen LogP contribution in [0.15, 0.2) is 27.6 Å². The Morgan fingerprint density at radius 2 is 2.16 bits per heavy atom. The normalized spacial score (nSPS) is 13.2. The van der Waals surface area contributed by atoms with Crippen LogP contribution in [0.3, 0.4) is 0 Å². The average molecular weight is 389 g/mol. The lowest BCUT2D eigenvalue weighted by Crippen LogP contribution is -2.41. The van der Waals surface area contributed by atoms with Crippen LogP contribution in [0.25, 0.3) is 0 Å². The summed E-state index contributed by atoms with van der Waals surface area (Å²) >= 11 is 12.8. The second kappa shape index (κ2) is 6.94. The van der Waals surface area contributed by atoms with E-state index in [4.69, 9.17) is 16.7 Å². The number of hydrogen-bond donors (Lipinski definition) is 3. The van der Waals surface area contributed by atoms with Crippen molar-refractivity contribution >= 4 is 56.2 Å². The van der Waals surface area contributed by atoms with Gasteiger partial charge in [0.15, 0.2) is 0 Å². The molecule has 0 bridgehead atoms. The van der Waals surface area contributed by atoms with E-state index in [0.29, 0.717) is 9.50 Å². The minimum atomic E-state index is -3.92. The molecule has 1 unspecified atom stereocenters. The van der Waals surface area contributed by atoms with Crippen LogP contribution in [0.5, 0.6) is 0 Å². The third-order valence-electron chi connectivity index (χ3n) is 2.21. The van der Waals surface area contributed by atoms with Crippen molar-refractivity contribution in [3.63, 3.8) is 0 Å². The zero-order valence-electron chi connectivity index (χ0n) is 9.51. The van der Waals surface area contributed by atoms with Gasteiger partial charge in [-0.15, -0.1) is 0 Å². The first kappa shape index (κ1) is 16.8. The molecule has 0 saturated carbocycles. The van der Waals surface area contributed by atoms with Gasteiger partial charge in [-0.3, -0.25) is 4.79 Å². The monoisotopic (exact) mass is 387 g/mol. The van der Waals surface area contributed by atoms with Crippen molar-refractivity contribution in [3.05, 3.63) is 27.7 Å². The number of benzene rings is 1. The third-order valence-corrected chi connectivity index (χ3v) is 5.16. The standard InChI is InChI=1S/C10H11BrClNO4S2/c11-7-5-6(1-2-8(7)12)19(16,17)13-9(3-4-18)10(14)15/h1-2,5,9,13,18H,3-4H2,(H,14,15). The summed E-state index contributed by atoms with van der Waals surface area (Å²) in [6.07, 6.45) is 0.0897. The topological polar surface area (TPSA) is 83.5 Å². The van der Waals surface area contributed by atoms with Gasteiger partial charge in [-0.05, 0) is 46.3 Å². The molecule has 0 aliphatic rings. The van der Waals surface area contributed by atoms with Crippen LogP contribution in [0.1, 0.15) is 6.42 Å². The lowest BCUT2D eigenvalue weighted by Gasteiger charge is -2.14. The van der Waals surface area contributed by atoms with Crippen LogP contribution in [0.4, 0.5) is 0 Å².